The number of hydrogen-bond acceptors (Lipinski definition) is 0. The Bertz CT molecular complexity index is 279. The molecule has 0 aromatic heterocycles. The summed E-state index contributed by atoms with van der Waals surface area (Å²) in [6.07, 6.45) is 0. The van der Waals surface area contributed by atoms with Crippen molar-refractivity contribution < 1.29 is 40.8 Å². The molecule has 2 rings (SSSR count). The van der Waals surface area contributed by atoms with E-state index in [-0.39, 0.29) is 40.8 Å². The summed E-state index contributed by atoms with van der Waals surface area (Å²) >= 11 is 0. The summed E-state index contributed by atoms with van der Waals surface area (Å²) in [6.45, 7) is 0. The molecule has 2 aromatic carbocycles. The summed E-state index contributed by atoms with van der Waals surface area (Å²) in [7, 11) is 0. The van der Waals surface area contributed by atoms with Gasteiger partial charge in [0.15, 0.2) is 0 Å². The third-order valence-corrected chi connectivity index (χ3v) is 1.66. The van der Waals surface area contributed by atoms with Crippen molar-refractivity contribution in [2.75, 3.05) is 0 Å². The number of rotatable bonds is 0. The summed E-state index contributed by atoms with van der Waals surface area (Å²) in [4.78, 5) is 0. The molecule has 0 nitrogen and oxygen atoms in total. The van der Waals surface area contributed by atoms with E-state index in [2.05, 4.69) is 48.5 Å². The van der Waals surface area contributed by atoms with Crippen molar-refractivity contribution in [3.8, 4) is 0 Å². The molecular weight excluding hydrogens is 333 g/mol. The average Bonchev–Trinajstić information content (AvgIpc) is 2.05. The number of hydrogen-bond donors (Lipinski definition) is 0. The fraction of sp³-hybridized carbons (Fsp3) is 0. The van der Waals surface area contributed by atoms with Crippen LogP contribution < -0.4 is 0 Å². The molecule has 2 aromatic rings. The first-order valence-corrected chi connectivity index (χ1v) is 3.40. The Hall–Kier alpha value is 0.0247. The van der Waals surface area contributed by atoms with Crippen LogP contribution in [0.1, 0.15) is 0 Å². The smallest absolute Gasteiger partial charge is 0 e. The van der Waals surface area contributed by atoms with Gasteiger partial charge in [-0.15, -0.1) is 0 Å². The van der Waals surface area contributed by atoms with E-state index in [1.54, 1.807) is 0 Å². The molecule has 0 atom stereocenters. The van der Waals surface area contributed by atoms with Crippen molar-refractivity contribution in [1.82, 2.24) is 0 Å². The summed E-state index contributed by atoms with van der Waals surface area (Å²) in [5, 5.41) is 2.62. The fourth-order valence-corrected chi connectivity index (χ4v) is 1.13. The van der Waals surface area contributed by atoms with E-state index in [0.29, 0.717) is 0 Å². The molecule has 0 saturated carbocycles. The van der Waals surface area contributed by atoms with E-state index < -0.39 is 0 Å². The van der Waals surface area contributed by atoms with Gasteiger partial charge in [0.2, 0.25) is 0 Å². The normalized spacial score (nSPS) is 8.33. The van der Waals surface area contributed by atoms with Crippen molar-refractivity contribution in [1.29, 1.82) is 0 Å². The van der Waals surface area contributed by atoms with Gasteiger partial charge in [-0.1, -0.05) is 48.5 Å². The van der Waals surface area contributed by atoms with Crippen molar-refractivity contribution in [3.63, 3.8) is 0 Å². The summed E-state index contributed by atoms with van der Waals surface area (Å²) in [5.74, 6) is 0. The SMILES string of the molecule is [Pd].[Pd].c1ccc2ccccc2c1. The summed E-state index contributed by atoms with van der Waals surface area (Å²) in [6, 6.07) is 16.7. The zero-order valence-electron chi connectivity index (χ0n) is 6.25. The van der Waals surface area contributed by atoms with Crippen LogP contribution in [0, 0.1) is 0 Å². The standard InChI is InChI=1S/C10H8.2Pd/c1-2-6-10-8-4-3-7-9(10)5-1;;/h1-8H;;. The molecule has 68 valence electrons. The van der Waals surface area contributed by atoms with E-state index in [9.17, 15) is 0 Å². The Labute approximate surface area is 99.7 Å². The minimum Gasteiger partial charge on any atom is -0.0616 e. The minimum absolute atomic E-state index is 0. The van der Waals surface area contributed by atoms with Crippen LogP contribution in [-0.4, -0.2) is 0 Å². The second-order valence-electron chi connectivity index (χ2n) is 2.35. The Morgan fingerprint density at radius 3 is 1.00 bits per heavy atom. The van der Waals surface area contributed by atoms with Gasteiger partial charge in [-0.25, -0.2) is 0 Å². The van der Waals surface area contributed by atoms with E-state index in [0.717, 1.165) is 0 Å². The Morgan fingerprint density at radius 2 is 0.750 bits per heavy atom. The van der Waals surface area contributed by atoms with E-state index in [1.165, 1.54) is 10.8 Å². The van der Waals surface area contributed by atoms with Crippen LogP contribution in [0.4, 0.5) is 0 Å². The molecule has 0 aliphatic rings. The number of fused-ring (bicyclic) bond motifs is 1. The van der Waals surface area contributed by atoms with Crippen molar-refractivity contribution in [3.05, 3.63) is 48.5 Å². The van der Waals surface area contributed by atoms with E-state index in [1.807, 2.05) is 0 Å². The maximum atomic E-state index is 2.12. The van der Waals surface area contributed by atoms with Gasteiger partial charge in [0.25, 0.3) is 0 Å². The maximum Gasteiger partial charge on any atom is 0 e. The average molecular weight is 341 g/mol. The molecule has 0 unspecified atom stereocenters. The fourth-order valence-electron chi connectivity index (χ4n) is 1.13. The predicted octanol–water partition coefficient (Wildman–Crippen LogP) is 2.83. The quantitative estimate of drug-likeness (QED) is 0.647. The molecule has 0 saturated heterocycles. The van der Waals surface area contributed by atoms with Crippen LogP contribution in [0.25, 0.3) is 10.8 Å². The molecule has 0 amide bonds. The van der Waals surface area contributed by atoms with Gasteiger partial charge in [-0.05, 0) is 10.8 Å². The molecular formula is C10H8Pd2. The molecule has 0 spiro atoms. The first kappa shape index (κ1) is 12.0. The van der Waals surface area contributed by atoms with Crippen LogP contribution in [0.2, 0.25) is 0 Å². The largest absolute Gasteiger partial charge is 0.0616 e. The van der Waals surface area contributed by atoms with Gasteiger partial charge >= 0.3 is 0 Å². The van der Waals surface area contributed by atoms with Crippen LogP contribution in [0.15, 0.2) is 48.5 Å². The topological polar surface area (TPSA) is 0 Å². The first-order valence-electron chi connectivity index (χ1n) is 3.40. The molecule has 0 aliphatic carbocycles. The van der Waals surface area contributed by atoms with Gasteiger partial charge in [0.05, 0.1) is 0 Å². The molecule has 0 fully saturated rings. The second kappa shape index (κ2) is 5.63. The monoisotopic (exact) mass is 340 g/mol. The van der Waals surface area contributed by atoms with Crippen molar-refractivity contribution in [2.24, 2.45) is 0 Å². The van der Waals surface area contributed by atoms with Gasteiger partial charge in [0.1, 0.15) is 0 Å². The third kappa shape index (κ3) is 2.51. The Balaban J connectivity index is 0.000000605. The molecule has 12 heavy (non-hydrogen) atoms. The summed E-state index contributed by atoms with van der Waals surface area (Å²) in [5.41, 5.74) is 0. The second-order valence-corrected chi connectivity index (χ2v) is 2.35. The molecule has 0 aliphatic heterocycles. The zero-order valence-corrected chi connectivity index (χ0v) is 9.36. The Kier molecular flexibility index (Phi) is 5.64. The first-order chi connectivity index (χ1) is 4.97. The van der Waals surface area contributed by atoms with Gasteiger partial charge in [0, 0.05) is 40.8 Å². The van der Waals surface area contributed by atoms with Crippen LogP contribution in [0.5, 0.6) is 0 Å². The Morgan fingerprint density at radius 1 is 0.500 bits per heavy atom. The molecule has 0 radical (unpaired) electrons. The molecule has 0 heterocycles. The van der Waals surface area contributed by atoms with Crippen molar-refractivity contribution >= 4 is 10.8 Å². The van der Waals surface area contributed by atoms with Gasteiger partial charge < -0.3 is 0 Å². The summed E-state index contributed by atoms with van der Waals surface area (Å²) < 4.78 is 0. The molecule has 2 heteroatoms. The third-order valence-electron chi connectivity index (χ3n) is 1.66. The predicted molar refractivity (Wildman–Crippen MR) is 43.9 cm³/mol. The number of benzene rings is 2. The van der Waals surface area contributed by atoms with Crippen LogP contribution in [-0.2, 0) is 40.8 Å². The van der Waals surface area contributed by atoms with E-state index >= 15 is 0 Å². The maximum absolute atomic E-state index is 2.12. The zero-order chi connectivity index (χ0) is 6.81. The minimum atomic E-state index is 0. The van der Waals surface area contributed by atoms with Crippen molar-refractivity contribution in [2.45, 2.75) is 0 Å². The van der Waals surface area contributed by atoms with Gasteiger partial charge in [-0.3, -0.25) is 0 Å². The van der Waals surface area contributed by atoms with Crippen LogP contribution in [0.3, 0.4) is 0 Å². The van der Waals surface area contributed by atoms with Crippen LogP contribution >= 0.6 is 0 Å². The molecule has 0 N–H and O–H groups in total. The molecule has 0 bridgehead atoms. The van der Waals surface area contributed by atoms with E-state index in [4.69, 9.17) is 0 Å². The van der Waals surface area contributed by atoms with Gasteiger partial charge in [-0.2, -0.15) is 0 Å².